The minimum absolute atomic E-state index is 0.343. The molecule has 1 heterocycles. The summed E-state index contributed by atoms with van der Waals surface area (Å²) in [6.07, 6.45) is 7.32. The zero-order valence-electron chi connectivity index (χ0n) is 20.7. The Morgan fingerprint density at radius 1 is 1.11 bits per heavy atom. The third-order valence-corrected chi connectivity index (χ3v) is 5.19. The molecule has 8 nitrogen and oxygen atoms in total. The Bertz CT molecular complexity index is 1180. The second kappa shape index (κ2) is 12.4. The summed E-state index contributed by atoms with van der Waals surface area (Å²) >= 11 is 0. The van der Waals surface area contributed by atoms with Gasteiger partial charge in [-0.15, -0.1) is 5.10 Å². The van der Waals surface area contributed by atoms with Crippen LogP contribution in [-0.4, -0.2) is 48.4 Å². The third-order valence-electron chi connectivity index (χ3n) is 5.19. The van der Waals surface area contributed by atoms with Gasteiger partial charge in [0.2, 0.25) is 0 Å². The number of rotatable bonds is 11. The van der Waals surface area contributed by atoms with E-state index in [0.717, 1.165) is 35.3 Å². The Morgan fingerprint density at radius 3 is 2.54 bits per heavy atom. The lowest BCUT2D eigenvalue weighted by Crippen LogP contribution is -2.30. The number of methoxy groups -OCH3 is 2. The maximum atomic E-state index is 12.8. The van der Waals surface area contributed by atoms with Crippen molar-refractivity contribution in [1.82, 2.24) is 20.3 Å². The molecular weight excluding hydrogens is 444 g/mol. The quantitative estimate of drug-likeness (QED) is 0.225. The summed E-state index contributed by atoms with van der Waals surface area (Å²) in [5.74, 6) is 1.94. The van der Waals surface area contributed by atoms with Crippen molar-refractivity contribution in [2.45, 2.75) is 26.7 Å². The minimum atomic E-state index is -0.343. The van der Waals surface area contributed by atoms with Crippen molar-refractivity contribution in [2.24, 2.45) is 0 Å². The summed E-state index contributed by atoms with van der Waals surface area (Å²) in [6, 6.07) is 11.1. The number of benzene rings is 2. The Labute approximate surface area is 206 Å². The molecule has 8 heteroatoms. The van der Waals surface area contributed by atoms with Crippen molar-refractivity contribution in [3.05, 3.63) is 65.9 Å². The average molecular weight is 477 g/mol. The normalized spacial score (nSPS) is 10.9. The molecular formula is C27H32N4O4. The van der Waals surface area contributed by atoms with Crippen molar-refractivity contribution in [2.75, 3.05) is 27.4 Å². The van der Waals surface area contributed by atoms with Gasteiger partial charge < -0.3 is 19.5 Å². The van der Waals surface area contributed by atoms with Crippen LogP contribution in [0.15, 0.2) is 54.7 Å². The molecule has 0 spiro atoms. The van der Waals surface area contributed by atoms with Crippen molar-refractivity contribution in [3.8, 4) is 28.5 Å². The molecule has 0 saturated heterocycles. The molecule has 1 amide bonds. The van der Waals surface area contributed by atoms with E-state index in [9.17, 15) is 4.79 Å². The Morgan fingerprint density at radius 2 is 1.89 bits per heavy atom. The molecule has 0 radical (unpaired) electrons. The molecule has 0 bridgehead atoms. The van der Waals surface area contributed by atoms with Gasteiger partial charge in [-0.3, -0.25) is 0 Å². The van der Waals surface area contributed by atoms with Gasteiger partial charge in [0.1, 0.15) is 29.5 Å². The number of carbonyl (C=O) groups excluding carboxylic acids is 1. The van der Waals surface area contributed by atoms with Crippen molar-refractivity contribution < 1.29 is 19.0 Å². The molecule has 1 N–H and O–H groups in total. The van der Waals surface area contributed by atoms with Gasteiger partial charge in [0.15, 0.2) is 0 Å². The topological polar surface area (TPSA) is 87.5 Å². The standard InChI is InChI=1S/C27H32N4O4/c1-6-7-14-28-27(32)31-24(17-29-30-31)26-21(15-23(33-4)16-25(26)34-5)11-8-20-9-12-22(13-10-20)35-18-19(2)3/h8-13,15-17H,2,6-7,14,18H2,1,3-5H3,(H,28,32)/b11-8+. The summed E-state index contributed by atoms with van der Waals surface area (Å²) in [6.45, 7) is 8.89. The number of ether oxygens (including phenoxy) is 3. The van der Waals surface area contributed by atoms with E-state index in [1.165, 1.54) is 4.68 Å². The lowest BCUT2D eigenvalue weighted by atomic mass is 10.0. The van der Waals surface area contributed by atoms with Gasteiger partial charge in [-0.25, -0.2) is 4.79 Å². The highest BCUT2D eigenvalue weighted by molar-refractivity contribution is 5.88. The highest BCUT2D eigenvalue weighted by Crippen LogP contribution is 2.37. The Hall–Kier alpha value is -4.07. The molecule has 1 aromatic heterocycles. The molecule has 184 valence electrons. The number of hydrogen-bond donors (Lipinski definition) is 1. The number of carbonyl (C=O) groups is 1. The first kappa shape index (κ1) is 25.6. The second-order valence-electron chi connectivity index (χ2n) is 8.06. The van der Waals surface area contributed by atoms with E-state index in [1.807, 2.05) is 49.4 Å². The van der Waals surface area contributed by atoms with Gasteiger partial charge >= 0.3 is 6.03 Å². The predicted octanol–water partition coefficient (Wildman–Crippen LogP) is 5.45. The molecule has 0 unspecified atom stereocenters. The fourth-order valence-corrected chi connectivity index (χ4v) is 3.37. The number of amides is 1. The third kappa shape index (κ3) is 6.72. The highest BCUT2D eigenvalue weighted by atomic mass is 16.5. The van der Waals surface area contributed by atoms with Gasteiger partial charge in [-0.2, -0.15) is 4.68 Å². The lowest BCUT2D eigenvalue weighted by Gasteiger charge is -2.15. The first-order chi connectivity index (χ1) is 17.0. The van der Waals surface area contributed by atoms with E-state index in [1.54, 1.807) is 26.5 Å². The molecule has 0 saturated carbocycles. The van der Waals surface area contributed by atoms with E-state index in [4.69, 9.17) is 14.2 Å². The van der Waals surface area contributed by atoms with E-state index in [-0.39, 0.29) is 6.03 Å². The van der Waals surface area contributed by atoms with Gasteiger partial charge in [-0.05, 0) is 48.2 Å². The van der Waals surface area contributed by atoms with Crippen LogP contribution >= 0.6 is 0 Å². The first-order valence-corrected chi connectivity index (χ1v) is 11.5. The van der Waals surface area contributed by atoms with Crippen LogP contribution in [0, 0.1) is 0 Å². The monoisotopic (exact) mass is 476 g/mol. The van der Waals surface area contributed by atoms with Gasteiger partial charge in [-0.1, -0.05) is 49.4 Å². The number of nitrogens with zero attached hydrogens (tertiary/aromatic N) is 3. The molecule has 0 aliphatic rings. The van der Waals surface area contributed by atoms with Crippen LogP contribution in [0.3, 0.4) is 0 Å². The largest absolute Gasteiger partial charge is 0.497 e. The summed E-state index contributed by atoms with van der Waals surface area (Å²) in [4.78, 5) is 12.8. The minimum Gasteiger partial charge on any atom is -0.497 e. The average Bonchev–Trinajstić information content (AvgIpc) is 3.35. The SMILES string of the molecule is C=C(C)COc1ccc(/C=C/c2cc(OC)cc(OC)c2-c2cnnn2C(=O)NCCCC)cc1. The molecule has 0 atom stereocenters. The molecule has 2 aromatic carbocycles. The lowest BCUT2D eigenvalue weighted by molar-refractivity contribution is 0.239. The van der Waals surface area contributed by atoms with E-state index in [0.29, 0.717) is 35.9 Å². The second-order valence-corrected chi connectivity index (χ2v) is 8.06. The van der Waals surface area contributed by atoms with E-state index < -0.39 is 0 Å². The molecule has 0 fully saturated rings. The molecule has 3 aromatic rings. The first-order valence-electron chi connectivity index (χ1n) is 11.5. The zero-order chi connectivity index (χ0) is 25.2. The van der Waals surface area contributed by atoms with Crippen LogP contribution < -0.4 is 19.5 Å². The molecule has 0 aliphatic carbocycles. The van der Waals surface area contributed by atoms with Crippen LogP contribution in [0.4, 0.5) is 4.79 Å². The van der Waals surface area contributed by atoms with E-state index >= 15 is 0 Å². The number of aromatic nitrogens is 3. The number of unbranched alkanes of at least 4 members (excludes halogenated alkanes) is 1. The molecule has 3 rings (SSSR count). The Kier molecular flexibility index (Phi) is 9.06. The van der Waals surface area contributed by atoms with Crippen LogP contribution in [-0.2, 0) is 0 Å². The predicted molar refractivity (Wildman–Crippen MR) is 138 cm³/mol. The maximum absolute atomic E-state index is 12.8. The number of nitrogens with one attached hydrogen (secondary N) is 1. The zero-order valence-corrected chi connectivity index (χ0v) is 20.7. The van der Waals surface area contributed by atoms with Crippen LogP contribution in [0.5, 0.6) is 17.2 Å². The summed E-state index contributed by atoms with van der Waals surface area (Å²) in [7, 11) is 3.17. The fourth-order valence-electron chi connectivity index (χ4n) is 3.37. The van der Waals surface area contributed by atoms with Crippen molar-refractivity contribution >= 4 is 18.2 Å². The molecule has 35 heavy (non-hydrogen) atoms. The van der Waals surface area contributed by atoms with Crippen molar-refractivity contribution in [3.63, 3.8) is 0 Å². The summed E-state index contributed by atoms with van der Waals surface area (Å²) in [5, 5.41) is 10.9. The number of hydrogen-bond acceptors (Lipinski definition) is 6. The highest BCUT2D eigenvalue weighted by Gasteiger charge is 2.20. The van der Waals surface area contributed by atoms with Crippen molar-refractivity contribution in [1.29, 1.82) is 0 Å². The van der Waals surface area contributed by atoms with E-state index in [2.05, 4.69) is 29.1 Å². The maximum Gasteiger partial charge on any atom is 0.344 e. The van der Waals surface area contributed by atoms with Gasteiger partial charge in [0.25, 0.3) is 0 Å². The van der Waals surface area contributed by atoms with Gasteiger partial charge in [0, 0.05) is 12.6 Å². The fraction of sp³-hybridized carbons (Fsp3) is 0.296. The Balaban J connectivity index is 1.97. The summed E-state index contributed by atoms with van der Waals surface area (Å²) in [5.41, 5.74) is 3.92. The van der Waals surface area contributed by atoms with Crippen LogP contribution in [0.25, 0.3) is 23.4 Å². The molecule has 0 aliphatic heterocycles. The summed E-state index contributed by atoms with van der Waals surface area (Å²) < 4.78 is 18.1. The smallest absolute Gasteiger partial charge is 0.344 e. The van der Waals surface area contributed by atoms with Crippen LogP contribution in [0.2, 0.25) is 0 Å². The van der Waals surface area contributed by atoms with Crippen LogP contribution in [0.1, 0.15) is 37.8 Å². The van der Waals surface area contributed by atoms with Gasteiger partial charge in [0.05, 0.1) is 26.0 Å².